The Bertz CT molecular complexity index is 501. The van der Waals surface area contributed by atoms with Crippen molar-refractivity contribution in [2.75, 3.05) is 51.8 Å². The number of carbonyl (C=O) groups is 2. The van der Waals surface area contributed by atoms with Crippen molar-refractivity contribution in [1.29, 1.82) is 0 Å². The molecular formula is C15H22N4O3. The number of hydrogen-bond acceptors (Lipinski definition) is 5. The van der Waals surface area contributed by atoms with E-state index in [4.69, 9.17) is 4.74 Å². The van der Waals surface area contributed by atoms with Crippen LogP contribution in [0.25, 0.3) is 0 Å². The van der Waals surface area contributed by atoms with E-state index in [1.165, 1.54) is 0 Å². The van der Waals surface area contributed by atoms with E-state index < -0.39 is 0 Å². The lowest BCUT2D eigenvalue weighted by Crippen LogP contribution is -2.48. The number of hydrogen-bond donors (Lipinski definition) is 1. The minimum atomic E-state index is -0.0430. The van der Waals surface area contributed by atoms with Crippen LogP contribution in [-0.2, 0) is 9.53 Å². The number of rotatable bonds is 7. The number of piperazine rings is 1. The van der Waals surface area contributed by atoms with Gasteiger partial charge in [-0.05, 0) is 12.5 Å². The Morgan fingerprint density at radius 3 is 2.82 bits per heavy atom. The lowest BCUT2D eigenvalue weighted by molar-refractivity contribution is -0.119. The first-order chi connectivity index (χ1) is 10.7. The normalized spacial score (nSPS) is 14.8. The Morgan fingerprint density at radius 2 is 2.14 bits per heavy atom. The van der Waals surface area contributed by atoms with Crippen molar-refractivity contribution in [3.8, 4) is 0 Å². The standard InChI is InChI=1S/C15H22N4O3/c1-22-8-2-3-17-14-9-13(10-16-11-14)15(21)19-6-4-18(12-20)5-7-19/h9-12,17H,2-8H2,1H3. The molecule has 0 bridgehead atoms. The maximum absolute atomic E-state index is 12.5. The molecule has 1 aliphatic heterocycles. The van der Waals surface area contributed by atoms with Crippen LogP contribution in [0.3, 0.4) is 0 Å². The highest BCUT2D eigenvalue weighted by molar-refractivity contribution is 5.94. The number of carbonyl (C=O) groups excluding carboxylic acids is 2. The molecule has 0 aliphatic carbocycles. The molecule has 1 aliphatic rings. The summed E-state index contributed by atoms with van der Waals surface area (Å²) in [7, 11) is 1.67. The molecule has 1 saturated heterocycles. The zero-order valence-corrected chi connectivity index (χ0v) is 12.8. The summed E-state index contributed by atoms with van der Waals surface area (Å²) in [6.07, 6.45) is 5.00. The molecule has 0 spiro atoms. The third-order valence-electron chi connectivity index (χ3n) is 3.59. The summed E-state index contributed by atoms with van der Waals surface area (Å²) in [6.45, 7) is 3.74. The third kappa shape index (κ3) is 4.42. The summed E-state index contributed by atoms with van der Waals surface area (Å²) in [6, 6.07) is 1.81. The van der Waals surface area contributed by atoms with E-state index in [0.717, 1.165) is 25.1 Å². The molecule has 0 unspecified atom stereocenters. The smallest absolute Gasteiger partial charge is 0.255 e. The molecule has 22 heavy (non-hydrogen) atoms. The summed E-state index contributed by atoms with van der Waals surface area (Å²) in [5.74, 6) is -0.0430. The molecule has 120 valence electrons. The van der Waals surface area contributed by atoms with E-state index in [9.17, 15) is 9.59 Å². The Morgan fingerprint density at radius 1 is 1.36 bits per heavy atom. The Labute approximate surface area is 130 Å². The van der Waals surface area contributed by atoms with Crippen LogP contribution in [-0.4, -0.2) is 73.5 Å². The highest BCUT2D eigenvalue weighted by atomic mass is 16.5. The zero-order chi connectivity index (χ0) is 15.8. The third-order valence-corrected chi connectivity index (χ3v) is 3.59. The molecule has 0 radical (unpaired) electrons. The number of nitrogens with one attached hydrogen (secondary N) is 1. The molecule has 7 nitrogen and oxygen atoms in total. The molecule has 1 fully saturated rings. The molecule has 1 aromatic rings. The average molecular weight is 306 g/mol. The number of nitrogens with zero attached hydrogens (tertiary/aromatic N) is 3. The van der Waals surface area contributed by atoms with Crippen LogP contribution in [0, 0.1) is 0 Å². The van der Waals surface area contributed by atoms with Gasteiger partial charge < -0.3 is 19.9 Å². The van der Waals surface area contributed by atoms with Crippen molar-refractivity contribution in [2.24, 2.45) is 0 Å². The van der Waals surface area contributed by atoms with Gasteiger partial charge in [-0.15, -0.1) is 0 Å². The van der Waals surface area contributed by atoms with Crippen molar-refractivity contribution in [3.63, 3.8) is 0 Å². The van der Waals surface area contributed by atoms with Crippen molar-refractivity contribution in [3.05, 3.63) is 24.0 Å². The first-order valence-electron chi connectivity index (χ1n) is 7.41. The molecule has 1 aromatic heterocycles. The molecule has 2 rings (SSSR count). The molecule has 0 saturated carbocycles. The number of ether oxygens (including phenoxy) is 1. The fraction of sp³-hybridized carbons (Fsp3) is 0.533. The molecule has 0 aromatic carbocycles. The second-order valence-electron chi connectivity index (χ2n) is 5.17. The summed E-state index contributed by atoms with van der Waals surface area (Å²) in [5, 5.41) is 3.23. The topological polar surface area (TPSA) is 74.8 Å². The number of anilines is 1. The zero-order valence-electron chi connectivity index (χ0n) is 12.8. The monoisotopic (exact) mass is 306 g/mol. The van der Waals surface area contributed by atoms with Crippen LogP contribution >= 0.6 is 0 Å². The minimum absolute atomic E-state index is 0.0430. The van der Waals surface area contributed by atoms with Gasteiger partial charge in [-0.25, -0.2) is 0 Å². The van der Waals surface area contributed by atoms with Crippen LogP contribution in [0.15, 0.2) is 18.5 Å². The van der Waals surface area contributed by atoms with Crippen LogP contribution in [0.4, 0.5) is 5.69 Å². The number of methoxy groups -OCH3 is 1. The van der Waals surface area contributed by atoms with E-state index >= 15 is 0 Å². The van der Waals surface area contributed by atoms with Gasteiger partial charge in [0, 0.05) is 58.8 Å². The maximum atomic E-state index is 12.5. The summed E-state index contributed by atoms with van der Waals surface area (Å²) in [5.41, 5.74) is 1.39. The molecule has 2 amide bonds. The van der Waals surface area contributed by atoms with Gasteiger partial charge in [-0.2, -0.15) is 0 Å². The van der Waals surface area contributed by atoms with Gasteiger partial charge in [-0.3, -0.25) is 14.6 Å². The number of aromatic nitrogens is 1. The molecule has 2 heterocycles. The predicted molar refractivity (Wildman–Crippen MR) is 82.8 cm³/mol. The van der Waals surface area contributed by atoms with Crippen LogP contribution in [0.2, 0.25) is 0 Å². The maximum Gasteiger partial charge on any atom is 0.255 e. The van der Waals surface area contributed by atoms with Gasteiger partial charge in [0.05, 0.1) is 11.3 Å². The fourth-order valence-electron chi connectivity index (χ4n) is 2.32. The van der Waals surface area contributed by atoms with Crippen LogP contribution in [0.1, 0.15) is 16.8 Å². The molecule has 0 atom stereocenters. The first-order valence-corrected chi connectivity index (χ1v) is 7.41. The van der Waals surface area contributed by atoms with Gasteiger partial charge in [0.2, 0.25) is 6.41 Å². The summed E-state index contributed by atoms with van der Waals surface area (Å²) >= 11 is 0. The fourth-order valence-corrected chi connectivity index (χ4v) is 2.32. The van der Waals surface area contributed by atoms with E-state index in [1.807, 2.05) is 6.07 Å². The van der Waals surface area contributed by atoms with Crippen LogP contribution in [0.5, 0.6) is 0 Å². The van der Waals surface area contributed by atoms with Gasteiger partial charge in [-0.1, -0.05) is 0 Å². The Kier molecular flexibility index (Phi) is 6.14. The quantitative estimate of drug-likeness (QED) is 0.584. The highest BCUT2D eigenvalue weighted by Gasteiger charge is 2.21. The Balaban J connectivity index is 1.91. The molecular weight excluding hydrogens is 284 g/mol. The van der Waals surface area contributed by atoms with E-state index in [2.05, 4.69) is 10.3 Å². The van der Waals surface area contributed by atoms with Crippen molar-refractivity contribution < 1.29 is 14.3 Å². The average Bonchev–Trinajstić information content (AvgIpc) is 2.58. The van der Waals surface area contributed by atoms with Crippen molar-refractivity contribution in [1.82, 2.24) is 14.8 Å². The van der Waals surface area contributed by atoms with E-state index in [0.29, 0.717) is 38.3 Å². The molecule has 1 N–H and O–H groups in total. The van der Waals surface area contributed by atoms with Gasteiger partial charge >= 0.3 is 0 Å². The first kappa shape index (κ1) is 16.2. The summed E-state index contributed by atoms with van der Waals surface area (Å²) < 4.78 is 4.99. The lowest BCUT2D eigenvalue weighted by Gasteiger charge is -2.32. The lowest BCUT2D eigenvalue weighted by atomic mass is 10.2. The minimum Gasteiger partial charge on any atom is -0.385 e. The summed E-state index contributed by atoms with van der Waals surface area (Å²) in [4.78, 5) is 30.7. The van der Waals surface area contributed by atoms with Gasteiger partial charge in [0.1, 0.15) is 0 Å². The van der Waals surface area contributed by atoms with Crippen LogP contribution < -0.4 is 5.32 Å². The van der Waals surface area contributed by atoms with Crippen molar-refractivity contribution in [2.45, 2.75) is 6.42 Å². The van der Waals surface area contributed by atoms with Crippen molar-refractivity contribution >= 4 is 18.0 Å². The van der Waals surface area contributed by atoms with E-state index in [1.54, 1.807) is 29.3 Å². The molecule has 7 heteroatoms. The number of pyridine rings is 1. The second kappa shape index (κ2) is 8.33. The highest BCUT2D eigenvalue weighted by Crippen LogP contribution is 2.12. The van der Waals surface area contributed by atoms with E-state index in [-0.39, 0.29) is 5.91 Å². The second-order valence-corrected chi connectivity index (χ2v) is 5.17. The van der Waals surface area contributed by atoms with Gasteiger partial charge in [0.15, 0.2) is 0 Å². The number of amides is 2. The van der Waals surface area contributed by atoms with Gasteiger partial charge in [0.25, 0.3) is 5.91 Å². The Hall–Kier alpha value is -2.15. The predicted octanol–water partition coefficient (Wildman–Crippen LogP) is 0.444. The largest absolute Gasteiger partial charge is 0.385 e. The SMILES string of the molecule is COCCCNc1cncc(C(=O)N2CCN(C=O)CC2)c1.